The minimum absolute atomic E-state index is 0.0534. The van der Waals surface area contributed by atoms with Crippen LogP contribution in [0.3, 0.4) is 0 Å². The van der Waals surface area contributed by atoms with Crippen LogP contribution in [0.2, 0.25) is 0 Å². The first-order valence-corrected chi connectivity index (χ1v) is 12.3. The van der Waals surface area contributed by atoms with Crippen LogP contribution >= 0.6 is 0 Å². The maximum Gasteiger partial charge on any atom is 0.214 e. The highest BCUT2D eigenvalue weighted by Gasteiger charge is 2.23. The number of terminal acetylenes is 1. The Bertz CT molecular complexity index is 1120. The average molecular weight is 579 g/mol. The molecule has 0 aliphatic heterocycles. The van der Waals surface area contributed by atoms with E-state index >= 15 is 0 Å². The lowest BCUT2D eigenvalue weighted by atomic mass is 9.98. The number of hydrogen-bond acceptors (Lipinski definition) is 12. The van der Waals surface area contributed by atoms with Crippen molar-refractivity contribution >= 4 is 11.5 Å². The molecule has 12 heteroatoms. The van der Waals surface area contributed by atoms with E-state index in [-0.39, 0.29) is 31.0 Å². The van der Waals surface area contributed by atoms with E-state index < -0.39 is 18.0 Å². The molecule has 0 saturated heterocycles. The Balaban J connectivity index is 0.00000382. The summed E-state index contributed by atoms with van der Waals surface area (Å²) in [5, 5.41) is 39.0. The Morgan fingerprint density at radius 2 is 1.51 bits per heavy atom. The van der Waals surface area contributed by atoms with E-state index in [1.54, 1.807) is 32.2 Å². The second-order valence-electron chi connectivity index (χ2n) is 8.09. The molecule has 4 N–H and O–H groups in total. The van der Waals surface area contributed by atoms with Crippen molar-refractivity contribution in [2.45, 2.75) is 25.6 Å². The predicted molar refractivity (Wildman–Crippen MR) is 155 cm³/mol. The molecule has 0 aliphatic carbocycles. The number of ether oxygens (including phenoxy) is 5. The number of nitrogens with zero attached hydrogens (tertiary/aromatic N) is 2. The third-order valence-corrected chi connectivity index (χ3v) is 5.35. The predicted octanol–water partition coefficient (Wildman–Crippen LogP) is 1.54. The Hall–Kier alpha value is -3.86. The number of ketones is 1. The van der Waals surface area contributed by atoms with Crippen molar-refractivity contribution in [1.82, 2.24) is 5.01 Å². The first-order valence-electron chi connectivity index (χ1n) is 12.3. The minimum Gasteiger partial charge on any atom is -0.495 e. The maximum absolute atomic E-state index is 13.8. The summed E-state index contributed by atoms with van der Waals surface area (Å²) in [6, 6.07) is 8.03. The number of methoxy groups -OCH3 is 4. The molecule has 0 amide bonds. The second kappa shape index (κ2) is 20.1. The molecule has 2 rings (SSSR count). The summed E-state index contributed by atoms with van der Waals surface area (Å²) in [4.78, 5) is 13.8. The van der Waals surface area contributed by atoms with Crippen molar-refractivity contribution in [2.24, 2.45) is 5.10 Å². The Kier molecular flexibility index (Phi) is 18.2. The minimum atomic E-state index is -0.649. The quantitative estimate of drug-likeness (QED) is 0.0847. The van der Waals surface area contributed by atoms with Crippen LogP contribution in [0.15, 0.2) is 35.4 Å². The molecule has 12 nitrogen and oxygen atoms in total. The van der Waals surface area contributed by atoms with Gasteiger partial charge in [0.05, 0.1) is 52.8 Å². The van der Waals surface area contributed by atoms with Crippen LogP contribution in [-0.2, 0) is 4.74 Å². The molecule has 2 aromatic rings. The molecule has 0 fully saturated rings. The molecule has 2 aromatic carbocycles. The lowest BCUT2D eigenvalue weighted by molar-refractivity contribution is -0.0542. The van der Waals surface area contributed by atoms with E-state index in [1.165, 1.54) is 45.6 Å². The van der Waals surface area contributed by atoms with Crippen LogP contribution in [0, 0.1) is 12.3 Å². The van der Waals surface area contributed by atoms with E-state index in [0.29, 0.717) is 34.1 Å². The molecular formula is C29H42N2O10. The molecule has 41 heavy (non-hydrogen) atoms. The summed E-state index contributed by atoms with van der Waals surface area (Å²) in [5.74, 6) is 3.55. The molecule has 0 aliphatic rings. The number of carbonyl (C=O) groups is 1. The highest BCUT2D eigenvalue weighted by Crippen LogP contribution is 2.38. The Morgan fingerprint density at radius 1 is 0.951 bits per heavy atom. The van der Waals surface area contributed by atoms with Crippen LogP contribution in [0.5, 0.6) is 23.0 Å². The number of rotatable bonds is 14. The van der Waals surface area contributed by atoms with Crippen molar-refractivity contribution in [1.29, 1.82) is 0 Å². The smallest absolute Gasteiger partial charge is 0.214 e. The fourth-order valence-electron chi connectivity index (χ4n) is 3.54. The fraction of sp³-hybridized carbons (Fsp3) is 0.448. The molecule has 2 unspecified atom stereocenters. The first-order chi connectivity index (χ1) is 19.7. The summed E-state index contributed by atoms with van der Waals surface area (Å²) in [6.07, 6.45) is 4.65. The van der Waals surface area contributed by atoms with Gasteiger partial charge in [0.15, 0.2) is 11.5 Å². The third-order valence-electron chi connectivity index (χ3n) is 5.35. The van der Waals surface area contributed by atoms with Crippen LogP contribution in [-0.4, -0.2) is 112 Å². The van der Waals surface area contributed by atoms with Crippen molar-refractivity contribution in [2.75, 3.05) is 63.0 Å². The zero-order valence-electron chi connectivity index (χ0n) is 24.9. The van der Waals surface area contributed by atoms with Gasteiger partial charge in [0.2, 0.25) is 11.5 Å². The molecule has 0 aromatic heterocycles. The number of benzene rings is 2. The molecule has 0 spiro atoms. The first kappa shape index (κ1) is 37.1. The highest BCUT2D eigenvalue weighted by atomic mass is 16.5. The van der Waals surface area contributed by atoms with E-state index in [1.807, 2.05) is 0 Å². The average Bonchev–Trinajstić information content (AvgIpc) is 3.01. The highest BCUT2D eigenvalue weighted by molar-refractivity contribution is 6.51. The zero-order chi connectivity index (χ0) is 31.5. The van der Waals surface area contributed by atoms with Crippen molar-refractivity contribution in [3.8, 4) is 35.3 Å². The van der Waals surface area contributed by atoms with Crippen molar-refractivity contribution < 1.29 is 48.9 Å². The number of Topliss-reactive ketones (excluding diaryl/α,β-unsaturated/α-hetero) is 1. The molecule has 228 valence electrons. The SMILES string of the molecule is C#Cc1cc(/C(=N\N(C)COC(CO)CC(C)O)C(=O)c2cc(OC)c(OC)c(OC)c2)ccc1OC.CO.CO. The van der Waals surface area contributed by atoms with Gasteiger partial charge in [-0.15, -0.1) is 6.42 Å². The van der Waals surface area contributed by atoms with Crippen molar-refractivity contribution in [3.63, 3.8) is 0 Å². The lowest BCUT2D eigenvalue weighted by Crippen LogP contribution is -2.29. The van der Waals surface area contributed by atoms with Gasteiger partial charge in [0.1, 0.15) is 18.2 Å². The molecule has 0 saturated carbocycles. The Labute approximate surface area is 241 Å². The van der Waals surface area contributed by atoms with E-state index in [9.17, 15) is 15.0 Å². The zero-order valence-corrected chi connectivity index (χ0v) is 24.9. The van der Waals surface area contributed by atoms with Gasteiger partial charge in [-0.2, -0.15) is 5.10 Å². The van der Waals surface area contributed by atoms with Gasteiger partial charge in [-0.1, -0.05) is 5.92 Å². The van der Waals surface area contributed by atoms with Gasteiger partial charge in [-0.3, -0.25) is 9.80 Å². The second-order valence-corrected chi connectivity index (χ2v) is 8.09. The van der Waals surface area contributed by atoms with E-state index in [0.717, 1.165) is 14.2 Å². The van der Waals surface area contributed by atoms with Crippen LogP contribution in [0.1, 0.15) is 34.8 Å². The summed E-state index contributed by atoms with van der Waals surface area (Å²) >= 11 is 0. The number of aliphatic hydroxyl groups is 4. The molecule has 0 heterocycles. The van der Waals surface area contributed by atoms with Gasteiger partial charge in [0.25, 0.3) is 0 Å². The standard InChI is InChI=1S/C27H34N2O8.2CH4O/c1-8-18-12-19(9-10-22(18)33-4)25(28-29(3)16-37-21(15-30)11-17(2)31)26(32)20-13-23(34-5)27(36-7)24(14-20)35-6;2*1-2/h1,9-10,12-14,17,21,30-31H,11,15-16H2,2-7H3;2*2H,1H3/b28-25+;;. The maximum atomic E-state index is 13.8. The Morgan fingerprint density at radius 3 is 1.95 bits per heavy atom. The number of hydrogen-bond donors (Lipinski definition) is 4. The van der Waals surface area contributed by atoms with Gasteiger partial charge < -0.3 is 44.1 Å². The number of carbonyl (C=O) groups excluding carboxylic acids is 1. The lowest BCUT2D eigenvalue weighted by Gasteiger charge is -2.21. The topological polar surface area (TPSA) is 160 Å². The normalized spacial score (nSPS) is 11.8. The number of aliphatic hydroxyl groups excluding tert-OH is 4. The molecule has 0 bridgehead atoms. The van der Waals surface area contributed by atoms with Crippen LogP contribution in [0.25, 0.3) is 0 Å². The largest absolute Gasteiger partial charge is 0.495 e. The summed E-state index contributed by atoms with van der Waals surface area (Å²) in [7, 11) is 9.50. The van der Waals surface area contributed by atoms with Gasteiger partial charge in [0, 0.05) is 38.8 Å². The van der Waals surface area contributed by atoms with Crippen LogP contribution < -0.4 is 18.9 Å². The summed E-state index contributed by atoms with van der Waals surface area (Å²) in [5.41, 5.74) is 1.20. The third kappa shape index (κ3) is 10.9. The number of hydrazone groups is 1. The van der Waals surface area contributed by atoms with Gasteiger partial charge >= 0.3 is 0 Å². The van der Waals surface area contributed by atoms with E-state index in [2.05, 4.69) is 11.0 Å². The molecule has 0 radical (unpaired) electrons. The molecule has 2 atom stereocenters. The van der Waals surface area contributed by atoms with E-state index in [4.69, 9.17) is 40.3 Å². The fourth-order valence-corrected chi connectivity index (χ4v) is 3.54. The summed E-state index contributed by atoms with van der Waals surface area (Å²) < 4.78 is 27.1. The summed E-state index contributed by atoms with van der Waals surface area (Å²) in [6.45, 7) is 1.28. The van der Waals surface area contributed by atoms with Crippen LogP contribution in [0.4, 0.5) is 0 Å². The monoisotopic (exact) mass is 578 g/mol. The van der Waals surface area contributed by atoms with Crippen molar-refractivity contribution in [3.05, 3.63) is 47.0 Å². The molecular weight excluding hydrogens is 536 g/mol. The van der Waals surface area contributed by atoms with Gasteiger partial charge in [-0.25, -0.2) is 0 Å². The van der Waals surface area contributed by atoms with Gasteiger partial charge in [-0.05, 0) is 37.3 Å².